The summed E-state index contributed by atoms with van der Waals surface area (Å²) in [6, 6.07) is 6.49. The first kappa shape index (κ1) is 23.6. The molecule has 1 fully saturated rings. The highest BCUT2D eigenvalue weighted by Crippen LogP contribution is 2.29. The number of aryl methyl sites for hydroxylation is 1. The number of nitrogens with one attached hydrogen (secondary N) is 1. The molecule has 0 unspecified atom stereocenters. The van der Waals surface area contributed by atoms with E-state index in [1.165, 1.54) is 12.1 Å². The summed E-state index contributed by atoms with van der Waals surface area (Å²) in [5.74, 6) is 1.49. The number of hydrogen-bond acceptors (Lipinski definition) is 5. The Hall–Kier alpha value is -4.09. The Morgan fingerprint density at radius 2 is 1.86 bits per heavy atom. The van der Waals surface area contributed by atoms with Gasteiger partial charge < -0.3 is 15.1 Å². The van der Waals surface area contributed by atoms with Crippen LogP contribution in [0.15, 0.2) is 55.1 Å². The van der Waals surface area contributed by atoms with Crippen molar-refractivity contribution >= 4 is 17.6 Å². The second-order valence-corrected chi connectivity index (χ2v) is 8.68. The predicted molar refractivity (Wildman–Crippen MR) is 127 cm³/mol. The highest BCUT2D eigenvalue weighted by Gasteiger charge is 2.30. The second kappa shape index (κ2) is 9.51. The molecule has 12 heteroatoms. The van der Waals surface area contributed by atoms with Crippen molar-refractivity contribution in [3.8, 4) is 11.3 Å². The summed E-state index contributed by atoms with van der Waals surface area (Å²) in [6.45, 7) is 2.62. The highest BCUT2D eigenvalue weighted by atomic mass is 19.4. The summed E-state index contributed by atoms with van der Waals surface area (Å²) in [5.41, 5.74) is 1.61. The molecule has 4 heterocycles. The van der Waals surface area contributed by atoms with Gasteiger partial charge in [0.15, 0.2) is 0 Å². The van der Waals surface area contributed by atoms with Crippen LogP contribution in [0.3, 0.4) is 0 Å². The number of hydrogen-bond donors (Lipinski definition) is 1. The van der Waals surface area contributed by atoms with E-state index < -0.39 is 11.7 Å². The number of nitrogens with zero attached hydrogens (tertiary/aromatic N) is 7. The lowest BCUT2D eigenvalue weighted by Gasteiger charge is -2.23. The molecule has 0 aliphatic carbocycles. The Morgan fingerprint density at radius 3 is 2.58 bits per heavy atom. The van der Waals surface area contributed by atoms with Crippen LogP contribution in [0.1, 0.15) is 17.5 Å². The summed E-state index contributed by atoms with van der Waals surface area (Å²) in [7, 11) is 1.85. The van der Waals surface area contributed by atoms with Crippen molar-refractivity contribution in [1.82, 2.24) is 34.4 Å². The van der Waals surface area contributed by atoms with Gasteiger partial charge in [0.2, 0.25) is 5.78 Å². The summed E-state index contributed by atoms with van der Waals surface area (Å²) < 4.78 is 41.8. The molecule has 0 atom stereocenters. The van der Waals surface area contributed by atoms with Crippen LogP contribution in [0.5, 0.6) is 0 Å². The van der Waals surface area contributed by atoms with Crippen LogP contribution in [0.25, 0.3) is 17.0 Å². The van der Waals surface area contributed by atoms with Crippen molar-refractivity contribution in [1.29, 1.82) is 0 Å². The van der Waals surface area contributed by atoms with Crippen molar-refractivity contribution in [2.45, 2.75) is 19.1 Å². The van der Waals surface area contributed by atoms with Crippen LogP contribution in [-0.2, 0) is 19.8 Å². The molecule has 0 spiro atoms. The van der Waals surface area contributed by atoms with Crippen LogP contribution in [0, 0.1) is 0 Å². The number of benzene rings is 1. The number of imidazole rings is 1. The van der Waals surface area contributed by atoms with Crippen LogP contribution >= 0.6 is 0 Å². The summed E-state index contributed by atoms with van der Waals surface area (Å²) in [5, 5.41) is 7.00. The minimum Gasteiger partial charge on any atom is -0.355 e. The van der Waals surface area contributed by atoms with Crippen molar-refractivity contribution in [2.75, 3.05) is 31.1 Å². The van der Waals surface area contributed by atoms with E-state index in [0.29, 0.717) is 31.0 Å². The van der Waals surface area contributed by atoms with E-state index in [-0.39, 0.29) is 12.6 Å². The topological polar surface area (TPSA) is 83.6 Å². The number of fused-ring (bicyclic) bond motifs is 1. The van der Waals surface area contributed by atoms with Crippen LogP contribution in [0.2, 0.25) is 0 Å². The van der Waals surface area contributed by atoms with Gasteiger partial charge in [0, 0.05) is 57.7 Å². The third-order valence-electron chi connectivity index (χ3n) is 6.19. The summed E-state index contributed by atoms with van der Waals surface area (Å²) >= 11 is 0. The SMILES string of the molecule is Cn1cc(-c2ccn3c(N4CCCN(C(=O)NCc5ccc(C(F)(F)F)cc5)CC4)cnc3n2)cn1. The first-order valence-electron chi connectivity index (χ1n) is 11.5. The van der Waals surface area contributed by atoms with Gasteiger partial charge in [-0.05, 0) is 30.2 Å². The fourth-order valence-corrected chi connectivity index (χ4v) is 4.26. The maximum Gasteiger partial charge on any atom is 0.416 e. The monoisotopic (exact) mass is 498 g/mol. The first-order chi connectivity index (χ1) is 17.3. The number of carbonyl (C=O) groups is 1. The minimum atomic E-state index is -4.38. The lowest BCUT2D eigenvalue weighted by atomic mass is 10.1. The molecule has 188 valence electrons. The average Bonchev–Trinajstić information content (AvgIpc) is 3.40. The molecule has 0 radical (unpaired) electrons. The van der Waals surface area contributed by atoms with Crippen LogP contribution < -0.4 is 10.2 Å². The van der Waals surface area contributed by atoms with E-state index in [4.69, 9.17) is 0 Å². The van der Waals surface area contributed by atoms with Crippen molar-refractivity contribution < 1.29 is 18.0 Å². The van der Waals surface area contributed by atoms with Gasteiger partial charge in [0.25, 0.3) is 0 Å². The van der Waals surface area contributed by atoms with E-state index in [9.17, 15) is 18.0 Å². The Labute approximate surface area is 205 Å². The van der Waals surface area contributed by atoms with Crippen molar-refractivity contribution in [3.05, 3.63) is 66.2 Å². The standard InChI is InChI=1S/C24H25F3N8O/c1-32-16-18(14-30-32)20-7-10-35-21(15-28-22(35)31-20)33-8-2-9-34(12-11-33)23(36)29-13-17-3-5-19(6-4-17)24(25,26)27/h3-7,10,14-16H,2,8-9,11-13H2,1H3,(H,29,36). The number of carbonyl (C=O) groups excluding carboxylic acids is 1. The van der Waals surface area contributed by atoms with E-state index in [2.05, 4.69) is 25.3 Å². The fraction of sp³-hybridized carbons (Fsp3) is 0.333. The van der Waals surface area contributed by atoms with E-state index >= 15 is 0 Å². The van der Waals surface area contributed by atoms with Gasteiger partial charge in [0.05, 0.1) is 23.7 Å². The average molecular weight is 499 g/mol. The number of rotatable bonds is 4. The molecule has 1 N–H and O–H groups in total. The van der Waals surface area contributed by atoms with Gasteiger partial charge in [-0.25, -0.2) is 14.8 Å². The van der Waals surface area contributed by atoms with Crippen LogP contribution in [0.4, 0.5) is 23.8 Å². The number of aromatic nitrogens is 5. The highest BCUT2D eigenvalue weighted by molar-refractivity contribution is 5.74. The van der Waals surface area contributed by atoms with Crippen molar-refractivity contribution in [3.63, 3.8) is 0 Å². The molecule has 0 saturated carbocycles. The van der Waals surface area contributed by atoms with Gasteiger partial charge >= 0.3 is 12.2 Å². The Kier molecular flexibility index (Phi) is 6.25. The number of halogens is 3. The molecular weight excluding hydrogens is 473 g/mol. The molecule has 3 aromatic heterocycles. The van der Waals surface area contributed by atoms with Crippen molar-refractivity contribution in [2.24, 2.45) is 7.05 Å². The Bertz CT molecular complexity index is 1360. The van der Waals surface area contributed by atoms with E-state index in [0.717, 1.165) is 42.2 Å². The zero-order valence-corrected chi connectivity index (χ0v) is 19.6. The Balaban J connectivity index is 1.20. The maximum absolute atomic E-state index is 12.7. The number of alkyl halides is 3. The largest absolute Gasteiger partial charge is 0.416 e. The number of amides is 2. The molecule has 9 nitrogen and oxygen atoms in total. The van der Waals surface area contributed by atoms with Gasteiger partial charge in [-0.2, -0.15) is 18.3 Å². The molecule has 0 bridgehead atoms. The smallest absolute Gasteiger partial charge is 0.355 e. The Morgan fingerprint density at radius 1 is 1.06 bits per heavy atom. The molecule has 4 aromatic rings. The predicted octanol–water partition coefficient (Wildman–Crippen LogP) is 3.57. The van der Waals surface area contributed by atoms with Gasteiger partial charge in [-0.1, -0.05) is 12.1 Å². The number of anilines is 1. The summed E-state index contributed by atoms with van der Waals surface area (Å²) in [4.78, 5) is 25.7. The van der Waals surface area contributed by atoms with E-state index in [1.54, 1.807) is 22.0 Å². The quantitative estimate of drug-likeness (QED) is 0.465. The zero-order valence-electron chi connectivity index (χ0n) is 19.6. The molecule has 1 aliphatic rings. The maximum atomic E-state index is 12.7. The lowest BCUT2D eigenvalue weighted by Crippen LogP contribution is -2.41. The molecule has 2 amide bonds. The molecule has 1 saturated heterocycles. The molecule has 5 rings (SSSR count). The minimum absolute atomic E-state index is 0.162. The van der Waals surface area contributed by atoms with E-state index in [1.807, 2.05) is 29.9 Å². The third kappa shape index (κ3) is 4.97. The first-order valence-corrected chi connectivity index (χ1v) is 11.5. The zero-order chi connectivity index (χ0) is 25.3. The van der Waals surface area contributed by atoms with Gasteiger partial charge in [-0.15, -0.1) is 0 Å². The molecular formula is C24H25F3N8O. The second-order valence-electron chi connectivity index (χ2n) is 8.68. The lowest BCUT2D eigenvalue weighted by molar-refractivity contribution is -0.137. The molecule has 36 heavy (non-hydrogen) atoms. The molecule has 1 aromatic carbocycles. The normalized spacial score (nSPS) is 14.8. The van der Waals surface area contributed by atoms with Gasteiger partial charge in [-0.3, -0.25) is 9.08 Å². The number of urea groups is 1. The molecule has 1 aliphatic heterocycles. The van der Waals surface area contributed by atoms with Gasteiger partial charge in [0.1, 0.15) is 5.82 Å². The third-order valence-corrected chi connectivity index (χ3v) is 6.19. The van der Waals surface area contributed by atoms with Crippen LogP contribution in [-0.4, -0.2) is 61.3 Å². The summed E-state index contributed by atoms with van der Waals surface area (Å²) in [6.07, 6.45) is 3.77. The fourth-order valence-electron chi connectivity index (χ4n) is 4.26.